The van der Waals surface area contributed by atoms with Crippen LogP contribution < -0.4 is 0 Å². The van der Waals surface area contributed by atoms with E-state index in [1.807, 2.05) is 45.0 Å². The highest BCUT2D eigenvalue weighted by molar-refractivity contribution is 7.85. The molecule has 0 aromatic heterocycles. The number of hydrogen-bond donors (Lipinski definition) is 0. The zero-order valence-corrected chi connectivity index (χ0v) is 11.0. The highest BCUT2D eigenvalue weighted by atomic mass is 32.2. The number of benzene rings is 1. The van der Waals surface area contributed by atoms with Gasteiger partial charge in [0, 0.05) is 17.3 Å². The van der Waals surface area contributed by atoms with E-state index in [0.717, 1.165) is 16.9 Å². The molecule has 0 fully saturated rings. The topological polar surface area (TPSA) is 26.3 Å². The fourth-order valence-electron chi connectivity index (χ4n) is 1.43. The molecule has 0 unspecified atom stereocenters. The molecule has 90 valence electrons. The third-order valence-electron chi connectivity index (χ3n) is 2.26. The van der Waals surface area contributed by atoms with Gasteiger partial charge in [0.2, 0.25) is 0 Å². The maximum absolute atomic E-state index is 12.0. The lowest BCUT2D eigenvalue weighted by molar-refractivity contribution is 0.0798. The SMILES string of the molecule is Cc1ccccc1[S@](=O)CCCOC(C)C. The monoisotopic (exact) mass is 240 g/mol. The molecule has 3 heteroatoms. The molecule has 1 aromatic carbocycles. The average molecular weight is 240 g/mol. The van der Waals surface area contributed by atoms with Gasteiger partial charge in [-0.05, 0) is 38.8 Å². The fourth-order valence-corrected chi connectivity index (χ4v) is 2.69. The van der Waals surface area contributed by atoms with Crippen LogP contribution in [0.1, 0.15) is 25.8 Å². The largest absolute Gasteiger partial charge is 0.379 e. The summed E-state index contributed by atoms with van der Waals surface area (Å²) < 4.78 is 17.4. The first-order valence-electron chi connectivity index (χ1n) is 5.67. The predicted octanol–water partition coefficient (Wildman–Crippen LogP) is 2.92. The second-order valence-electron chi connectivity index (χ2n) is 4.09. The molecule has 0 heterocycles. The van der Waals surface area contributed by atoms with Crippen molar-refractivity contribution in [3.05, 3.63) is 29.8 Å². The molecule has 0 amide bonds. The Morgan fingerprint density at radius 3 is 2.62 bits per heavy atom. The number of hydrogen-bond acceptors (Lipinski definition) is 2. The first-order chi connectivity index (χ1) is 7.61. The van der Waals surface area contributed by atoms with Crippen LogP contribution >= 0.6 is 0 Å². The number of rotatable bonds is 6. The lowest BCUT2D eigenvalue weighted by Gasteiger charge is -2.08. The minimum atomic E-state index is -0.890. The standard InChI is InChI=1S/C13H20O2S/c1-11(2)15-9-6-10-16(14)13-8-5-4-7-12(13)3/h4-5,7-8,11H,6,9-10H2,1-3H3/t16-/m1/s1. The van der Waals surface area contributed by atoms with Gasteiger partial charge in [-0.15, -0.1) is 0 Å². The van der Waals surface area contributed by atoms with E-state index in [1.54, 1.807) is 0 Å². The second kappa shape index (κ2) is 6.81. The van der Waals surface area contributed by atoms with Gasteiger partial charge in [0.25, 0.3) is 0 Å². The van der Waals surface area contributed by atoms with E-state index >= 15 is 0 Å². The summed E-state index contributed by atoms with van der Waals surface area (Å²) in [6, 6.07) is 7.84. The lowest BCUT2D eigenvalue weighted by atomic mass is 10.2. The van der Waals surface area contributed by atoms with E-state index in [0.29, 0.717) is 12.4 Å². The summed E-state index contributed by atoms with van der Waals surface area (Å²) in [7, 11) is -0.890. The fraction of sp³-hybridized carbons (Fsp3) is 0.538. The van der Waals surface area contributed by atoms with E-state index in [2.05, 4.69) is 0 Å². The van der Waals surface area contributed by atoms with E-state index in [1.165, 1.54) is 0 Å². The third-order valence-corrected chi connectivity index (χ3v) is 3.87. The van der Waals surface area contributed by atoms with Crippen LogP contribution in [-0.4, -0.2) is 22.7 Å². The first kappa shape index (κ1) is 13.4. The van der Waals surface area contributed by atoms with Gasteiger partial charge in [0.15, 0.2) is 0 Å². The Kier molecular flexibility index (Phi) is 5.71. The van der Waals surface area contributed by atoms with Gasteiger partial charge >= 0.3 is 0 Å². The molecule has 1 atom stereocenters. The Labute approximate surface area is 100 Å². The zero-order chi connectivity index (χ0) is 12.0. The smallest absolute Gasteiger partial charge is 0.0533 e. The molecule has 0 N–H and O–H groups in total. The minimum Gasteiger partial charge on any atom is -0.379 e. The number of ether oxygens (including phenoxy) is 1. The maximum atomic E-state index is 12.0. The van der Waals surface area contributed by atoms with Crippen LogP contribution in [0.15, 0.2) is 29.2 Å². The summed E-state index contributed by atoms with van der Waals surface area (Å²) in [4.78, 5) is 0.951. The van der Waals surface area contributed by atoms with Gasteiger partial charge in [-0.1, -0.05) is 18.2 Å². The van der Waals surface area contributed by atoms with E-state index in [-0.39, 0.29) is 6.10 Å². The molecule has 0 spiro atoms. The molecular weight excluding hydrogens is 220 g/mol. The van der Waals surface area contributed by atoms with Crippen molar-refractivity contribution in [3.8, 4) is 0 Å². The zero-order valence-electron chi connectivity index (χ0n) is 10.2. The van der Waals surface area contributed by atoms with Crippen LogP contribution in [0.2, 0.25) is 0 Å². The first-order valence-corrected chi connectivity index (χ1v) is 6.98. The maximum Gasteiger partial charge on any atom is 0.0533 e. The molecule has 0 aliphatic carbocycles. The summed E-state index contributed by atoms with van der Waals surface area (Å²) in [5, 5.41) is 0. The summed E-state index contributed by atoms with van der Waals surface area (Å²) in [5.74, 6) is 0.678. The van der Waals surface area contributed by atoms with Gasteiger partial charge in [-0.25, -0.2) is 0 Å². The summed E-state index contributed by atoms with van der Waals surface area (Å²) in [6.07, 6.45) is 1.10. The summed E-state index contributed by atoms with van der Waals surface area (Å²) in [6.45, 7) is 6.71. The Morgan fingerprint density at radius 2 is 2.00 bits per heavy atom. The summed E-state index contributed by atoms with van der Waals surface area (Å²) >= 11 is 0. The normalized spacial score (nSPS) is 13.0. The molecule has 0 saturated heterocycles. The molecule has 0 aliphatic heterocycles. The van der Waals surface area contributed by atoms with Crippen molar-refractivity contribution < 1.29 is 8.95 Å². The third kappa shape index (κ3) is 4.45. The van der Waals surface area contributed by atoms with E-state index in [4.69, 9.17) is 4.74 Å². The number of aryl methyl sites for hydroxylation is 1. The molecule has 0 bridgehead atoms. The van der Waals surface area contributed by atoms with Gasteiger partial charge in [0.05, 0.1) is 16.9 Å². The minimum absolute atomic E-state index is 0.256. The Hall–Kier alpha value is -0.670. The highest BCUT2D eigenvalue weighted by Crippen LogP contribution is 2.12. The van der Waals surface area contributed by atoms with Gasteiger partial charge in [-0.3, -0.25) is 4.21 Å². The Bertz CT molecular complexity index is 348. The summed E-state index contributed by atoms with van der Waals surface area (Å²) in [5.41, 5.74) is 1.10. The Morgan fingerprint density at radius 1 is 1.31 bits per heavy atom. The van der Waals surface area contributed by atoms with Crippen molar-refractivity contribution in [2.45, 2.75) is 38.2 Å². The van der Waals surface area contributed by atoms with E-state index in [9.17, 15) is 4.21 Å². The van der Waals surface area contributed by atoms with Crippen molar-refractivity contribution >= 4 is 10.8 Å². The van der Waals surface area contributed by atoms with Crippen LogP contribution in [0.4, 0.5) is 0 Å². The van der Waals surface area contributed by atoms with Crippen LogP contribution in [0.5, 0.6) is 0 Å². The molecule has 1 rings (SSSR count). The van der Waals surface area contributed by atoms with E-state index < -0.39 is 10.8 Å². The second-order valence-corrected chi connectivity index (χ2v) is 5.63. The van der Waals surface area contributed by atoms with Crippen molar-refractivity contribution in [1.82, 2.24) is 0 Å². The van der Waals surface area contributed by atoms with Gasteiger partial charge < -0.3 is 4.74 Å². The lowest BCUT2D eigenvalue weighted by Crippen LogP contribution is -2.08. The molecule has 0 aliphatic rings. The highest BCUT2D eigenvalue weighted by Gasteiger charge is 2.06. The van der Waals surface area contributed by atoms with Crippen LogP contribution in [0.3, 0.4) is 0 Å². The molecular formula is C13H20O2S. The quantitative estimate of drug-likeness (QED) is 0.715. The van der Waals surface area contributed by atoms with Crippen molar-refractivity contribution in [2.24, 2.45) is 0 Å². The van der Waals surface area contributed by atoms with Crippen molar-refractivity contribution in [2.75, 3.05) is 12.4 Å². The molecule has 0 radical (unpaired) electrons. The molecule has 1 aromatic rings. The van der Waals surface area contributed by atoms with Gasteiger partial charge in [0.1, 0.15) is 0 Å². The van der Waals surface area contributed by atoms with Crippen molar-refractivity contribution in [3.63, 3.8) is 0 Å². The molecule has 2 nitrogen and oxygen atoms in total. The van der Waals surface area contributed by atoms with Gasteiger partial charge in [-0.2, -0.15) is 0 Å². The molecule has 0 saturated carbocycles. The van der Waals surface area contributed by atoms with Crippen LogP contribution in [0.25, 0.3) is 0 Å². The van der Waals surface area contributed by atoms with Crippen LogP contribution in [-0.2, 0) is 15.5 Å². The Balaban J connectivity index is 2.39. The molecule has 16 heavy (non-hydrogen) atoms. The van der Waals surface area contributed by atoms with Crippen molar-refractivity contribution in [1.29, 1.82) is 0 Å². The average Bonchev–Trinajstić information content (AvgIpc) is 2.24. The van der Waals surface area contributed by atoms with Crippen LogP contribution in [0, 0.1) is 6.92 Å². The predicted molar refractivity (Wildman–Crippen MR) is 68.2 cm³/mol.